The van der Waals surface area contributed by atoms with Crippen LogP contribution in [0.4, 0.5) is 5.69 Å². The van der Waals surface area contributed by atoms with Gasteiger partial charge < -0.3 is 5.32 Å². The van der Waals surface area contributed by atoms with Gasteiger partial charge in [-0.05, 0) is 56.7 Å². The van der Waals surface area contributed by atoms with Crippen molar-refractivity contribution in [2.24, 2.45) is 0 Å². The highest BCUT2D eigenvalue weighted by Gasteiger charge is 2.20. The molecule has 1 aromatic rings. The predicted octanol–water partition coefficient (Wildman–Crippen LogP) is 3.16. The van der Waals surface area contributed by atoms with Crippen molar-refractivity contribution in [2.75, 3.05) is 24.7 Å². The minimum Gasteiger partial charge on any atom is -0.385 e. The Morgan fingerprint density at radius 1 is 1.24 bits per heavy atom. The zero-order chi connectivity index (χ0) is 16.0. The number of aryl methyl sites for hydroxylation is 2. The number of hydrogen-bond donors (Lipinski definition) is 2. The summed E-state index contributed by atoms with van der Waals surface area (Å²) in [6.07, 6.45) is 2.86. The molecule has 1 aromatic carbocycles. The Kier molecular flexibility index (Phi) is 7.03. The van der Waals surface area contributed by atoms with Crippen LogP contribution in [0.5, 0.6) is 0 Å². The molecule has 1 rings (SSSR count). The molecule has 1 unspecified atom stereocenters. The molecule has 0 fully saturated rings. The second-order valence-corrected chi connectivity index (χ2v) is 8.18. The van der Waals surface area contributed by atoms with E-state index in [9.17, 15) is 8.42 Å². The fourth-order valence-corrected chi connectivity index (χ4v) is 4.12. The summed E-state index contributed by atoms with van der Waals surface area (Å²) < 4.78 is 27.7. The molecule has 0 aliphatic carbocycles. The van der Waals surface area contributed by atoms with Gasteiger partial charge in [-0.2, -0.15) is 11.8 Å². The lowest BCUT2D eigenvalue weighted by atomic mass is 10.1. The Morgan fingerprint density at radius 3 is 2.29 bits per heavy atom. The number of thioether (sulfide) groups is 1. The number of hydrogen-bond acceptors (Lipinski definition) is 4. The predicted molar refractivity (Wildman–Crippen MR) is 92.9 cm³/mol. The molecule has 0 bridgehead atoms. The maximum Gasteiger partial charge on any atom is 0.241 e. The zero-order valence-electron chi connectivity index (χ0n) is 13.5. The number of sulfonamides is 1. The van der Waals surface area contributed by atoms with Crippen molar-refractivity contribution >= 4 is 27.5 Å². The summed E-state index contributed by atoms with van der Waals surface area (Å²) in [7, 11) is -3.44. The first kappa shape index (κ1) is 18.3. The lowest BCUT2D eigenvalue weighted by Crippen LogP contribution is -2.27. The lowest BCUT2D eigenvalue weighted by Gasteiger charge is -2.15. The van der Waals surface area contributed by atoms with Crippen LogP contribution in [0, 0.1) is 13.8 Å². The first-order chi connectivity index (χ1) is 9.81. The van der Waals surface area contributed by atoms with E-state index in [2.05, 4.69) is 17.0 Å². The van der Waals surface area contributed by atoms with Crippen molar-refractivity contribution < 1.29 is 8.42 Å². The Balaban J connectivity index is 2.93. The SMILES string of the molecule is CCNc1cc(C)c(S(=O)(=O)NCCC(C)SC)c(C)c1. The fourth-order valence-electron chi connectivity index (χ4n) is 2.27. The van der Waals surface area contributed by atoms with Gasteiger partial charge >= 0.3 is 0 Å². The maximum absolute atomic E-state index is 12.5. The van der Waals surface area contributed by atoms with Crippen LogP contribution in [0.25, 0.3) is 0 Å². The third-order valence-electron chi connectivity index (χ3n) is 3.36. The van der Waals surface area contributed by atoms with E-state index in [4.69, 9.17) is 0 Å². The first-order valence-corrected chi connectivity index (χ1v) is 9.96. The average Bonchev–Trinajstić information content (AvgIpc) is 2.37. The summed E-state index contributed by atoms with van der Waals surface area (Å²) >= 11 is 1.74. The molecule has 0 heterocycles. The summed E-state index contributed by atoms with van der Waals surface area (Å²) in [6.45, 7) is 9.08. The number of nitrogens with one attached hydrogen (secondary N) is 2. The normalized spacial score (nSPS) is 13.2. The third-order valence-corrected chi connectivity index (χ3v) is 6.16. The van der Waals surface area contributed by atoms with Crippen LogP contribution >= 0.6 is 11.8 Å². The molecule has 0 radical (unpaired) electrons. The second-order valence-electron chi connectivity index (χ2n) is 5.20. The van der Waals surface area contributed by atoms with Crippen LogP contribution in [0.3, 0.4) is 0 Å². The maximum atomic E-state index is 12.5. The number of anilines is 1. The molecule has 0 aromatic heterocycles. The fraction of sp³-hybridized carbons (Fsp3) is 0.600. The van der Waals surface area contributed by atoms with Crippen LogP contribution in [0.1, 0.15) is 31.4 Å². The van der Waals surface area contributed by atoms with E-state index in [1.807, 2.05) is 39.2 Å². The van der Waals surface area contributed by atoms with E-state index >= 15 is 0 Å². The summed E-state index contributed by atoms with van der Waals surface area (Å²) in [5.74, 6) is 0. The quantitative estimate of drug-likeness (QED) is 0.769. The average molecular weight is 331 g/mol. The highest BCUT2D eigenvalue weighted by atomic mass is 32.2. The molecule has 21 heavy (non-hydrogen) atoms. The zero-order valence-corrected chi connectivity index (χ0v) is 15.1. The van der Waals surface area contributed by atoms with Gasteiger partial charge in [-0.3, -0.25) is 0 Å². The van der Waals surface area contributed by atoms with Gasteiger partial charge in [0.1, 0.15) is 0 Å². The van der Waals surface area contributed by atoms with E-state index in [1.165, 1.54) is 0 Å². The van der Waals surface area contributed by atoms with Crippen molar-refractivity contribution in [3.63, 3.8) is 0 Å². The van der Waals surface area contributed by atoms with E-state index in [1.54, 1.807) is 11.8 Å². The molecule has 0 saturated heterocycles. The number of benzene rings is 1. The standard InChI is InChI=1S/C15H26N2O2S2/c1-6-16-14-9-11(2)15(12(3)10-14)21(18,19)17-8-7-13(4)20-5/h9-10,13,16-17H,6-8H2,1-5H3. The van der Waals surface area contributed by atoms with Crippen molar-refractivity contribution in [3.05, 3.63) is 23.3 Å². The van der Waals surface area contributed by atoms with Gasteiger partial charge in [0.25, 0.3) is 0 Å². The Bertz CT molecular complexity index is 548. The van der Waals surface area contributed by atoms with Crippen LogP contribution in [0.2, 0.25) is 0 Å². The van der Waals surface area contributed by atoms with E-state index < -0.39 is 10.0 Å². The molecular formula is C15H26N2O2S2. The van der Waals surface area contributed by atoms with Crippen molar-refractivity contribution in [3.8, 4) is 0 Å². The van der Waals surface area contributed by atoms with Gasteiger partial charge in [-0.1, -0.05) is 6.92 Å². The summed E-state index contributed by atoms with van der Waals surface area (Å²) in [6, 6.07) is 3.77. The second kappa shape index (κ2) is 8.06. The molecule has 0 spiro atoms. The minimum atomic E-state index is -3.44. The lowest BCUT2D eigenvalue weighted by molar-refractivity contribution is 0.577. The minimum absolute atomic E-state index is 0.404. The van der Waals surface area contributed by atoms with E-state index in [0.717, 1.165) is 29.8 Å². The molecule has 2 N–H and O–H groups in total. The summed E-state index contributed by atoms with van der Waals surface area (Å²) in [5.41, 5.74) is 2.51. The van der Waals surface area contributed by atoms with Crippen LogP contribution in [0.15, 0.2) is 17.0 Å². The summed E-state index contributed by atoms with van der Waals surface area (Å²) in [4.78, 5) is 0.404. The highest BCUT2D eigenvalue weighted by Crippen LogP contribution is 2.24. The smallest absolute Gasteiger partial charge is 0.241 e. The molecule has 120 valence electrons. The van der Waals surface area contributed by atoms with Gasteiger partial charge in [0.15, 0.2) is 0 Å². The molecule has 6 heteroatoms. The Labute approximate surface area is 133 Å². The number of rotatable bonds is 8. The Morgan fingerprint density at radius 2 is 1.81 bits per heavy atom. The van der Waals surface area contributed by atoms with Crippen molar-refractivity contribution in [1.82, 2.24) is 4.72 Å². The van der Waals surface area contributed by atoms with E-state index in [-0.39, 0.29) is 0 Å². The van der Waals surface area contributed by atoms with Crippen molar-refractivity contribution in [2.45, 2.75) is 44.3 Å². The molecule has 1 atom stereocenters. The molecule has 0 amide bonds. The molecule has 4 nitrogen and oxygen atoms in total. The first-order valence-electron chi connectivity index (χ1n) is 7.19. The van der Waals surface area contributed by atoms with Crippen molar-refractivity contribution in [1.29, 1.82) is 0 Å². The highest BCUT2D eigenvalue weighted by molar-refractivity contribution is 7.99. The molecule has 0 aliphatic rings. The molecule has 0 aliphatic heterocycles. The van der Waals surface area contributed by atoms with Gasteiger partial charge in [0.05, 0.1) is 4.90 Å². The van der Waals surface area contributed by atoms with Gasteiger partial charge in [0.2, 0.25) is 10.0 Å². The largest absolute Gasteiger partial charge is 0.385 e. The third kappa shape index (κ3) is 5.20. The molecule has 0 saturated carbocycles. The Hall–Kier alpha value is -0.720. The van der Waals surface area contributed by atoms with Crippen LogP contribution < -0.4 is 10.0 Å². The molecular weight excluding hydrogens is 304 g/mol. The monoisotopic (exact) mass is 330 g/mol. The van der Waals surface area contributed by atoms with E-state index in [0.29, 0.717) is 16.7 Å². The summed E-state index contributed by atoms with van der Waals surface area (Å²) in [5, 5.41) is 3.67. The van der Waals surface area contributed by atoms with Gasteiger partial charge in [-0.25, -0.2) is 13.1 Å². The van der Waals surface area contributed by atoms with Gasteiger partial charge in [0, 0.05) is 24.0 Å². The van der Waals surface area contributed by atoms with Crippen LogP contribution in [-0.4, -0.2) is 33.0 Å². The topological polar surface area (TPSA) is 58.2 Å². The van der Waals surface area contributed by atoms with Crippen LogP contribution in [-0.2, 0) is 10.0 Å². The van der Waals surface area contributed by atoms with Gasteiger partial charge in [-0.15, -0.1) is 0 Å².